The van der Waals surface area contributed by atoms with Crippen LogP contribution in [0.5, 0.6) is 0 Å². The number of carbonyl (C=O) groups is 1. The highest BCUT2D eigenvalue weighted by Crippen LogP contribution is 2.34. The number of aryl methyl sites for hydroxylation is 1. The molecular formula is C18H19FN2O3. The molecule has 1 fully saturated rings. The number of nitrogens with one attached hydrogen (secondary N) is 2. The Morgan fingerprint density at radius 2 is 2.08 bits per heavy atom. The maximum absolute atomic E-state index is 13.1. The molecule has 0 unspecified atom stereocenters. The fraction of sp³-hybridized carbons (Fsp3) is 0.333. The lowest BCUT2D eigenvalue weighted by molar-refractivity contribution is 0.0846. The maximum Gasteiger partial charge on any atom is 0.251 e. The Hall–Kier alpha value is -2.47. The molecule has 2 N–H and O–H groups in total. The topological polar surface area (TPSA) is 71.2 Å². The van der Waals surface area contributed by atoms with Gasteiger partial charge < -0.3 is 15.0 Å². The summed E-state index contributed by atoms with van der Waals surface area (Å²) in [6, 6.07) is 9.15. The number of hydrogen-bond acceptors (Lipinski definition) is 3. The molecule has 2 aromatic rings. The quantitative estimate of drug-likeness (QED) is 0.904. The zero-order valence-corrected chi connectivity index (χ0v) is 13.3. The summed E-state index contributed by atoms with van der Waals surface area (Å²) >= 11 is 0. The van der Waals surface area contributed by atoms with Crippen molar-refractivity contribution >= 4 is 5.91 Å². The summed E-state index contributed by atoms with van der Waals surface area (Å²) in [5.74, 6) is -0.456. The van der Waals surface area contributed by atoms with Gasteiger partial charge in [-0.15, -0.1) is 0 Å². The molecule has 6 heteroatoms. The molecule has 0 spiro atoms. The predicted octanol–water partition coefficient (Wildman–Crippen LogP) is 2.33. The summed E-state index contributed by atoms with van der Waals surface area (Å²) in [7, 11) is 0. The monoisotopic (exact) mass is 330 g/mol. The number of hydrogen-bond donors (Lipinski definition) is 2. The first-order chi connectivity index (χ1) is 11.5. The molecule has 1 saturated heterocycles. The molecule has 24 heavy (non-hydrogen) atoms. The molecule has 0 bridgehead atoms. The van der Waals surface area contributed by atoms with E-state index in [9.17, 15) is 14.0 Å². The van der Waals surface area contributed by atoms with Crippen molar-refractivity contribution in [2.75, 3.05) is 13.2 Å². The number of pyridine rings is 1. The summed E-state index contributed by atoms with van der Waals surface area (Å²) in [6.07, 6.45) is 0.656. The lowest BCUT2D eigenvalue weighted by Crippen LogP contribution is -2.31. The van der Waals surface area contributed by atoms with Crippen molar-refractivity contribution in [3.8, 4) is 0 Å². The Balaban J connectivity index is 1.65. The molecule has 1 amide bonds. The molecule has 1 aromatic heterocycles. The van der Waals surface area contributed by atoms with Crippen molar-refractivity contribution in [3.05, 3.63) is 69.4 Å². The number of amides is 1. The molecule has 3 rings (SSSR count). The van der Waals surface area contributed by atoms with Gasteiger partial charge >= 0.3 is 0 Å². The van der Waals surface area contributed by atoms with Crippen LogP contribution in [-0.2, 0) is 4.74 Å². The van der Waals surface area contributed by atoms with Crippen LogP contribution < -0.4 is 10.9 Å². The molecule has 0 aliphatic carbocycles. The van der Waals surface area contributed by atoms with Crippen LogP contribution in [0.25, 0.3) is 0 Å². The van der Waals surface area contributed by atoms with Crippen LogP contribution in [0.2, 0.25) is 0 Å². The highest BCUT2D eigenvalue weighted by atomic mass is 19.1. The van der Waals surface area contributed by atoms with Gasteiger partial charge in [0.05, 0.1) is 6.10 Å². The number of rotatable bonds is 4. The van der Waals surface area contributed by atoms with E-state index in [-0.39, 0.29) is 29.3 Å². The van der Waals surface area contributed by atoms with Crippen molar-refractivity contribution in [1.29, 1.82) is 0 Å². The van der Waals surface area contributed by atoms with Crippen molar-refractivity contribution in [1.82, 2.24) is 10.3 Å². The van der Waals surface area contributed by atoms with E-state index in [1.165, 1.54) is 18.2 Å². The summed E-state index contributed by atoms with van der Waals surface area (Å²) in [6.45, 7) is 2.77. The minimum absolute atomic E-state index is 0.113. The standard InChI is InChI=1S/C18H19FN2O3/c1-11-8-14(9-16(22)21-11)18(23)20-10-13-6-7-24-17(13)12-2-4-15(19)5-3-12/h2-5,8-9,13,17H,6-7,10H2,1H3,(H,20,23)(H,21,22)/t13-,17-/m0/s1. The highest BCUT2D eigenvalue weighted by Gasteiger charge is 2.30. The van der Waals surface area contributed by atoms with Gasteiger partial charge in [-0.1, -0.05) is 12.1 Å². The lowest BCUT2D eigenvalue weighted by Gasteiger charge is -2.19. The summed E-state index contributed by atoms with van der Waals surface area (Å²) in [4.78, 5) is 26.3. The molecular weight excluding hydrogens is 311 g/mol. The molecule has 0 saturated carbocycles. The van der Waals surface area contributed by atoms with Gasteiger partial charge in [0.1, 0.15) is 5.82 Å². The van der Waals surface area contributed by atoms with Crippen molar-refractivity contribution in [2.45, 2.75) is 19.4 Å². The number of aromatic nitrogens is 1. The van der Waals surface area contributed by atoms with Gasteiger partial charge in [0, 0.05) is 36.4 Å². The maximum atomic E-state index is 13.1. The van der Waals surface area contributed by atoms with Crippen LogP contribution in [0.1, 0.15) is 34.1 Å². The number of halogens is 1. The molecule has 1 aliphatic rings. The molecule has 2 heterocycles. The van der Waals surface area contributed by atoms with Crippen LogP contribution >= 0.6 is 0 Å². The first-order valence-electron chi connectivity index (χ1n) is 7.89. The van der Waals surface area contributed by atoms with E-state index in [4.69, 9.17) is 4.74 Å². The second kappa shape index (κ2) is 6.97. The number of H-pyrrole nitrogens is 1. The van der Waals surface area contributed by atoms with Gasteiger partial charge in [-0.2, -0.15) is 0 Å². The Kier molecular flexibility index (Phi) is 4.76. The average molecular weight is 330 g/mol. The number of aromatic amines is 1. The van der Waals surface area contributed by atoms with E-state index in [1.54, 1.807) is 25.1 Å². The first-order valence-corrected chi connectivity index (χ1v) is 7.89. The normalized spacial score (nSPS) is 20.1. The van der Waals surface area contributed by atoms with Crippen LogP contribution in [0, 0.1) is 18.7 Å². The predicted molar refractivity (Wildman–Crippen MR) is 87.3 cm³/mol. The van der Waals surface area contributed by atoms with Gasteiger partial charge in [0.25, 0.3) is 5.91 Å². The molecule has 2 atom stereocenters. The molecule has 1 aliphatic heterocycles. The average Bonchev–Trinajstić information content (AvgIpc) is 3.01. The second-order valence-electron chi connectivity index (χ2n) is 6.02. The van der Waals surface area contributed by atoms with E-state index in [0.717, 1.165) is 12.0 Å². The van der Waals surface area contributed by atoms with Gasteiger partial charge in [0.15, 0.2) is 0 Å². The molecule has 126 valence electrons. The van der Waals surface area contributed by atoms with Crippen molar-refractivity contribution < 1.29 is 13.9 Å². The zero-order valence-electron chi connectivity index (χ0n) is 13.3. The number of benzene rings is 1. The summed E-state index contributed by atoms with van der Waals surface area (Å²) < 4.78 is 18.8. The van der Waals surface area contributed by atoms with Crippen molar-refractivity contribution in [2.24, 2.45) is 5.92 Å². The van der Waals surface area contributed by atoms with E-state index in [0.29, 0.717) is 24.4 Å². The van der Waals surface area contributed by atoms with Gasteiger partial charge in [-0.25, -0.2) is 4.39 Å². The van der Waals surface area contributed by atoms with Crippen molar-refractivity contribution in [3.63, 3.8) is 0 Å². The zero-order chi connectivity index (χ0) is 17.1. The van der Waals surface area contributed by atoms with Crippen LogP contribution in [-0.4, -0.2) is 24.0 Å². The summed E-state index contributed by atoms with van der Waals surface area (Å²) in [5.41, 5.74) is 1.59. The third-order valence-corrected chi connectivity index (χ3v) is 4.18. The third kappa shape index (κ3) is 3.71. The fourth-order valence-corrected chi connectivity index (χ4v) is 3.00. The Bertz CT molecular complexity index is 786. The minimum Gasteiger partial charge on any atom is -0.373 e. The smallest absolute Gasteiger partial charge is 0.251 e. The molecule has 1 aromatic carbocycles. The van der Waals surface area contributed by atoms with E-state index >= 15 is 0 Å². The first kappa shape index (κ1) is 16.4. The highest BCUT2D eigenvalue weighted by molar-refractivity contribution is 5.94. The lowest BCUT2D eigenvalue weighted by atomic mass is 9.95. The SMILES string of the molecule is Cc1cc(C(=O)NC[C@@H]2CCO[C@H]2c2ccc(F)cc2)cc(=O)[nH]1. The van der Waals surface area contributed by atoms with Gasteiger partial charge in [-0.3, -0.25) is 9.59 Å². The van der Waals surface area contributed by atoms with E-state index in [1.807, 2.05) is 0 Å². The summed E-state index contributed by atoms with van der Waals surface area (Å²) in [5, 5.41) is 2.86. The van der Waals surface area contributed by atoms with Crippen LogP contribution in [0.3, 0.4) is 0 Å². The molecule has 0 radical (unpaired) electrons. The van der Waals surface area contributed by atoms with Gasteiger partial charge in [0.2, 0.25) is 5.56 Å². The third-order valence-electron chi connectivity index (χ3n) is 4.18. The second-order valence-corrected chi connectivity index (χ2v) is 6.02. The number of ether oxygens (including phenoxy) is 1. The fourth-order valence-electron chi connectivity index (χ4n) is 3.00. The largest absolute Gasteiger partial charge is 0.373 e. The van der Waals surface area contributed by atoms with Gasteiger partial charge in [-0.05, 0) is 37.1 Å². The number of carbonyl (C=O) groups excluding carboxylic acids is 1. The minimum atomic E-state index is -0.298. The Labute approximate surface area is 138 Å². The Morgan fingerprint density at radius 3 is 2.79 bits per heavy atom. The van der Waals surface area contributed by atoms with E-state index in [2.05, 4.69) is 10.3 Å². The molecule has 5 nitrogen and oxygen atoms in total. The van der Waals surface area contributed by atoms with Crippen LogP contribution in [0.15, 0.2) is 41.2 Å². The Morgan fingerprint density at radius 1 is 1.33 bits per heavy atom. The van der Waals surface area contributed by atoms with E-state index < -0.39 is 0 Å². The van der Waals surface area contributed by atoms with Crippen LogP contribution in [0.4, 0.5) is 4.39 Å².